The van der Waals surface area contributed by atoms with E-state index < -0.39 is 23.8 Å². The molecule has 19 heavy (non-hydrogen) atoms. The number of amides is 1. The Morgan fingerprint density at radius 3 is 2.37 bits per heavy atom. The summed E-state index contributed by atoms with van der Waals surface area (Å²) in [6.07, 6.45) is -0.652. The van der Waals surface area contributed by atoms with E-state index in [2.05, 4.69) is 5.32 Å². The van der Waals surface area contributed by atoms with E-state index in [1.807, 2.05) is 0 Å². The van der Waals surface area contributed by atoms with E-state index in [9.17, 15) is 13.6 Å². The smallest absolute Gasteiger partial charge is 0.229 e. The molecule has 106 valence electrons. The van der Waals surface area contributed by atoms with Crippen LogP contribution in [0.4, 0.5) is 14.5 Å². The predicted molar refractivity (Wildman–Crippen MR) is 66.6 cm³/mol. The number of carbonyl (C=O) groups is 1. The zero-order valence-corrected chi connectivity index (χ0v) is 10.9. The van der Waals surface area contributed by atoms with Gasteiger partial charge in [-0.25, -0.2) is 8.78 Å². The second-order valence-corrected chi connectivity index (χ2v) is 3.72. The van der Waals surface area contributed by atoms with Gasteiger partial charge in [-0.3, -0.25) is 4.79 Å². The van der Waals surface area contributed by atoms with E-state index >= 15 is 0 Å². The Labute approximate surface area is 110 Å². The van der Waals surface area contributed by atoms with E-state index in [1.165, 1.54) is 6.07 Å². The standard InChI is InChI=1S/C13H17F2NO3/c1-3-18-13(19-4-2)8-12(17)16-9-5-6-10(14)11(15)7-9/h5-7,13H,3-4,8H2,1-2H3,(H,16,17). The second-order valence-electron chi connectivity index (χ2n) is 3.72. The van der Waals surface area contributed by atoms with Gasteiger partial charge in [-0.2, -0.15) is 0 Å². The minimum atomic E-state index is -1.01. The Morgan fingerprint density at radius 2 is 1.84 bits per heavy atom. The fourth-order valence-corrected chi connectivity index (χ4v) is 1.48. The van der Waals surface area contributed by atoms with Crippen molar-refractivity contribution in [3.8, 4) is 0 Å². The van der Waals surface area contributed by atoms with Crippen LogP contribution in [0.15, 0.2) is 18.2 Å². The first-order valence-corrected chi connectivity index (χ1v) is 6.04. The minimum Gasteiger partial charge on any atom is -0.352 e. The molecule has 0 bridgehead atoms. The van der Waals surface area contributed by atoms with Gasteiger partial charge >= 0.3 is 0 Å². The van der Waals surface area contributed by atoms with E-state index in [0.29, 0.717) is 13.2 Å². The number of nitrogens with one attached hydrogen (secondary N) is 1. The molecule has 0 aliphatic carbocycles. The summed E-state index contributed by atoms with van der Waals surface area (Å²) in [7, 11) is 0. The van der Waals surface area contributed by atoms with E-state index in [-0.39, 0.29) is 12.1 Å². The molecule has 1 amide bonds. The van der Waals surface area contributed by atoms with Gasteiger partial charge in [-0.15, -0.1) is 0 Å². The van der Waals surface area contributed by atoms with Gasteiger partial charge in [0.25, 0.3) is 0 Å². The molecule has 0 saturated heterocycles. The van der Waals surface area contributed by atoms with Crippen LogP contribution in [-0.2, 0) is 14.3 Å². The molecule has 1 aromatic carbocycles. The second kappa shape index (κ2) is 7.81. The number of halogens is 2. The molecule has 0 aliphatic heterocycles. The number of ether oxygens (including phenoxy) is 2. The van der Waals surface area contributed by atoms with Crippen molar-refractivity contribution in [1.29, 1.82) is 0 Å². The average Bonchev–Trinajstić information content (AvgIpc) is 2.34. The maximum absolute atomic E-state index is 13.0. The van der Waals surface area contributed by atoms with Crippen LogP contribution in [0, 0.1) is 11.6 Å². The van der Waals surface area contributed by atoms with Crippen molar-refractivity contribution in [2.45, 2.75) is 26.6 Å². The molecule has 0 aromatic heterocycles. The Balaban J connectivity index is 2.55. The normalized spacial score (nSPS) is 10.8. The third kappa shape index (κ3) is 5.32. The highest BCUT2D eigenvalue weighted by atomic mass is 19.2. The number of anilines is 1. The highest BCUT2D eigenvalue weighted by Gasteiger charge is 2.14. The van der Waals surface area contributed by atoms with Crippen LogP contribution in [0.2, 0.25) is 0 Å². The summed E-state index contributed by atoms with van der Waals surface area (Å²) in [5.41, 5.74) is 0.190. The lowest BCUT2D eigenvalue weighted by molar-refractivity contribution is -0.150. The van der Waals surface area contributed by atoms with Gasteiger partial charge in [0.2, 0.25) is 5.91 Å². The number of benzene rings is 1. The summed E-state index contributed by atoms with van der Waals surface area (Å²) in [5, 5.41) is 2.45. The van der Waals surface area contributed by atoms with Gasteiger partial charge in [0.1, 0.15) is 0 Å². The zero-order chi connectivity index (χ0) is 14.3. The summed E-state index contributed by atoms with van der Waals surface area (Å²) in [5.74, 6) is -2.36. The molecule has 1 rings (SSSR count). The molecule has 0 radical (unpaired) electrons. The molecular formula is C13H17F2NO3. The third-order valence-corrected chi connectivity index (χ3v) is 2.26. The monoisotopic (exact) mass is 273 g/mol. The van der Waals surface area contributed by atoms with Crippen LogP contribution in [-0.4, -0.2) is 25.4 Å². The Kier molecular flexibility index (Phi) is 6.38. The molecule has 0 spiro atoms. The number of carbonyl (C=O) groups excluding carboxylic acids is 1. The van der Waals surface area contributed by atoms with Crippen LogP contribution in [0.25, 0.3) is 0 Å². The summed E-state index contributed by atoms with van der Waals surface area (Å²) in [6, 6.07) is 3.16. The van der Waals surface area contributed by atoms with Gasteiger partial charge in [-0.05, 0) is 26.0 Å². The third-order valence-electron chi connectivity index (χ3n) is 2.26. The zero-order valence-electron chi connectivity index (χ0n) is 10.9. The highest BCUT2D eigenvalue weighted by molar-refractivity contribution is 5.90. The van der Waals surface area contributed by atoms with Gasteiger partial charge in [0, 0.05) is 25.0 Å². The maximum atomic E-state index is 13.0. The number of hydrogen-bond donors (Lipinski definition) is 1. The molecule has 1 N–H and O–H groups in total. The largest absolute Gasteiger partial charge is 0.352 e. The molecule has 0 saturated carbocycles. The molecule has 4 nitrogen and oxygen atoms in total. The lowest BCUT2D eigenvalue weighted by Crippen LogP contribution is -2.25. The van der Waals surface area contributed by atoms with E-state index in [1.54, 1.807) is 13.8 Å². The quantitative estimate of drug-likeness (QED) is 0.777. The predicted octanol–water partition coefficient (Wildman–Crippen LogP) is 2.69. The number of rotatable bonds is 7. The molecule has 0 fully saturated rings. The van der Waals surface area contributed by atoms with Gasteiger partial charge in [-0.1, -0.05) is 0 Å². The van der Waals surface area contributed by atoms with Crippen molar-refractivity contribution in [2.75, 3.05) is 18.5 Å². The first-order chi connectivity index (χ1) is 9.06. The van der Waals surface area contributed by atoms with Crippen molar-refractivity contribution in [3.05, 3.63) is 29.8 Å². The summed E-state index contributed by atoms with van der Waals surface area (Å²) < 4.78 is 36.1. The number of hydrogen-bond acceptors (Lipinski definition) is 3. The van der Waals surface area contributed by atoms with Crippen LogP contribution in [0.1, 0.15) is 20.3 Å². The SMILES string of the molecule is CCOC(CC(=O)Nc1ccc(F)c(F)c1)OCC. The van der Waals surface area contributed by atoms with Gasteiger partial charge < -0.3 is 14.8 Å². The Morgan fingerprint density at radius 1 is 1.21 bits per heavy atom. The highest BCUT2D eigenvalue weighted by Crippen LogP contribution is 2.14. The van der Waals surface area contributed by atoms with Gasteiger partial charge in [0.15, 0.2) is 17.9 Å². The van der Waals surface area contributed by atoms with Crippen LogP contribution in [0.5, 0.6) is 0 Å². The first kappa shape index (κ1) is 15.5. The fourth-order valence-electron chi connectivity index (χ4n) is 1.48. The summed E-state index contributed by atoms with van der Waals surface area (Å²) in [4.78, 5) is 11.7. The summed E-state index contributed by atoms with van der Waals surface area (Å²) in [6.45, 7) is 4.42. The molecule has 0 unspecified atom stereocenters. The lowest BCUT2D eigenvalue weighted by atomic mass is 10.3. The molecule has 1 aromatic rings. The van der Waals surface area contributed by atoms with Crippen LogP contribution in [0.3, 0.4) is 0 Å². The lowest BCUT2D eigenvalue weighted by Gasteiger charge is -2.16. The van der Waals surface area contributed by atoms with Crippen LogP contribution >= 0.6 is 0 Å². The average molecular weight is 273 g/mol. The van der Waals surface area contributed by atoms with Crippen molar-refractivity contribution in [3.63, 3.8) is 0 Å². The Bertz CT molecular complexity index is 420. The molecule has 6 heteroatoms. The van der Waals surface area contributed by atoms with Gasteiger partial charge in [0.05, 0.1) is 6.42 Å². The Hall–Kier alpha value is -1.53. The van der Waals surface area contributed by atoms with Crippen LogP contribution < -0.4 is 5.32 Å². The minimum absolute atomic E-state index is 0.0132. The molecular weight excluding hydrogens is 256 g/mol. The van der Waals surface area contributed by atoms with Crippen molar-refractivity contribution in [1.82, 2.24) is 0 Å². The van der Waals surface area contributed by atoms with E-state index in [0.717, 1.165) is 12.1 Å². The maximum Gasteiger partial charge on any atom is 0.229 e. The first-order valence-electron chi connectivity index (χ1n) is 6.04. The summed E-state index contributed by atoms with van der Waals surface area (Å²) >= 11 is 0. The van der Waals surface area contributed by atoms with Crippen molar-refractivity contribution >= 4 is 11.6 Å². The van der Waals surface area contributed by atoms with Crippen molar-refractivity contribution in [2.24, 2.45) is 0 Å². The molecule has 0 atom stereocenters. The van der Waals surface area contributed by atoms with E-state index in [4.69, 9.17) is 9.47 Å². The molecule has 0 heterocycles. The van der Waals surface area contributed by atoms with Crippen molar-refractivity contribution < 1.29 is 23.0 Å². The fraction of sp³-hybridized carbons (Fsp3) is 0.462. The topological polar surface area (TPSA) is 47.6 Å². The molecule has 0 aliphatic rings.